The maximum Gasteiger partial charge on any atom is 0.308 e. The van der Waals surface area contributed by atoms with Crippen molar-refractivity contribution in [2.24, 2.45) is 0 Å². The van der Waals surface area contributed by atoms with Crippen LogP contribution in [0.3, 0.4) is 0 Å². The van der Waals surface area contributed by atoms with Crippen molar-refractivity contribution in [3.63, 3.8) is 0 Å². The number of carbonyl (C=O) groups excluding carboxylic acids is 2. The maximum atomic E-state index is 11.1. The lowest BCUT2D eigenvalue weighted by atomic mass is 10.1. The molecule has 0 fully saturated rings. The Morgan fingerprint density at radius 2 is 1.93 bits per heavy atom. The minimum Gasteiger partial charge on any atom is -0.466 e. The second-order valence-electron chi connectivity index (χ2n) is 3.16. The van der Waals surface area contributed by atoms with Gasteiger partial charge in [0.1, 0.15) is 5.78 Å². The molecule has 0 aliphatic heterocycles. The van der Waals surface area contributed by atoms with Crippen LogP contribution < -0.4 is 0 Å². The number of esters is 1. The molecule has 0 aromatic rings. The molecule has 4 heteroatoms. The number of aliphatic hydroxyl groups excluding tert-OH is 1. The second kappa shape index (κ2) is 7.50. The second-order valence-corrected chi connectivity index (χ2v) is 3.16. The number of aliphatic hydroxyl groups is 1. The zero-order valence-electron chi connectivity index (χ0n) is 8.78. The van der Waals surface area contributed by atoms with E-state index in [2.05, 4.69) is 4.74 Å². The van der Waals surface area contributed by atoms with E-state index in [4.69, 9.17) is 0 Å². The monoisotopic (exact) mass is 202 g/mol. The van der Waals surface area contributed by atoms with E-state index in [0.717, 1.165) is 6.42 Å². The van der Waals surface area contributed by atoms with Crippen molar-refractivity contribution in [3.05, 3.63) is 0 Å². The van der Waals surface area contributed by atoms with Crippen molar-refractivity contribution in [1.29, 1.82) is 0 Å². The average Bonchev–Trinajstić information content (AvgIpc) is 2.03. The Bertz CT molecular complexity index is 169. The molecule has 82 valence electrons. The van der Waals surface area contributed by atoms with Crippen LogP contribution in [0.25, 0.3) is 0 Å². The lowest BCUT2D eigenvalue weighted by Gasteiger charge is -2.08. The molecule has 0 rings (SSSR count). The van der Waals surface area contributed by atoms with Crippen molar-refractivity contribution >= 4 is 11.8 Å². The minimum absolute atomic E-state index is 0.00991. The topological polar surface area (TPSA) is 63.6 Å². The molecule has 0 saturated heterocycles. The van der Waals surface area contributed by atoms with Crippen LogP contribution >= 0.6 is 0 Å². The molecule has 0 radical (unpaired) electrons. The molecule has 1 N–H and O–H groups in total. The predicted molar refractivity (Wildman–Crippen MR) is 51.8 cm³/mol. The largest absolute Gasteiger partial charge is 0.466 e. The Hall–Kier alpha value is -0.900. The molecule has 0 bridgehead atoms. The fourth-order valence-corrected chi connectivity index (χ4v) is 1.13. The van der Waals surface area contributed by atoms with Gasteiger partial charge >= 0.3 is 5.97 Å². The van der Waals surface area contributed by atoms with Gasteiger partial charge in [0.05, 0.1) is 19.1 Å². The van der Waals surface area contributed by atoms with Crippen LogP contribution in [0.1, 0.15) is 39.5 Å². The number of rotatable bonds is 7. The fraction of sp³-hybridized carbons (Fsp3) is 0.800. The molecule has 1 atom stereocenters. The van der Waals surface area contributed by atoms with Gasteiger partial charge < -0.3 is 9.84 Å². The van der Waals surface area contributed by atoms with E-state index in [1.54, 1.807) is 6.92 Å². The maximum absolute atomic E-state index is 11.1. The van der Waals surface area contributed by atoms with Crippen molar-refractivity contribution in [1.82, 2.24) is 0 Å². The highest BCUT2D eigenvalue weighted by atomic mass is 16.5. The van der Waals surface area contributed by atoms with Gasteiger partial charge in [0, 0.05) is 12.8 Å². The highest BCUT2D eigenvalue weighted by Gasteiger charge is 2.14. The summed E-state index contributed by atoms with van der Waals surface area (Å²) in [6, 6.07) is 0. The van der Waals surface area contributed by atoms with Crippen LogP contribution in [0.2, 0.25) is 0 Å². The van der Waals surface area contributed by atoms with Gasteiger partial charge in [-0.25, -0.2) is 0 Å². The molecule has 14 heavy (non-hydrogen) atoms. The van der Waals surface area contributed by atoms with Crippen molar-refractivity contribution in [3.8, 4) is 0 Å². The molecule has 0 heterocycles. The van der Waals surface area contributed by atoms with Crippen LogP contribution in [-0.4, -0.2) is 29.6 Å². The smallest absolute Gasteiger partial charge is 0.308 e. The quantitative estimate of drug-likeness (QED) is 0.627. The Morgan fingerprint density at radius 3 is 2.43 bits per heavy atom. The lowest BCUT2D eigenvalue weighted by molar-refractivity contribution is -0.145. The van der Waals surface area contributed by atoms with Gasteiger partial charge in [-0.3, -0.25) is 9.59 Å². The fourth-order valence-electron chi connectivity index (χ4n) is 1.13. The molecule has 0 aromatic heterocycles. The van der Waals surface area contributed by atoms with E-state index in [1.165, 1.54) is 0 Å². The highest BCUT2D eigenvalue weighted by molar-refractivity contribution is 5.79. The van der Waals surface area contributed by atoms with Gasteiger partial charge in [0.15, 0.2) is 0 Å². The number of Topliss-reactive ketones (excluding diaryl/α,β-unsaturated/α-hetero) is 1. The first-order valence-electron chi connectivity index (χ1n) is 4.95. The van der Waals surface area contributed by atoms with Crippen LogP contribution in [0.4, 0.5) is 0 Å². The van der Waals surface area contributed by atoms with Gasteiger partial charge in [-0.05, 0) is 13.3 Å². The normalized spacial score (nSPS) is 12.2. The molecular formula is C10H18O4. The third-order valence-electron chi connectivity index (χ3n) is 1.70. The van der Waals surface area contributed by atoms with Crippen LogP contribution in [0, 0.1) is 0 Å². The van der Waals surface area contributed by atoms with E-state index in [9.17, 15) is 14.7 Å². The first-order valence-corrected chi connectivity index (χ1v) is 4.95. The number of ether oxygens (including phenoxy) is 1. The first-order chi connectivity index (χ1) is 6.60. The third-order valence-corrected chi connectivity index (χ3v) is 1.70. The lowest BCUT2D eigenvalue weighted by Crippen LogP contribution is -2.19. The van der Waals surface area contributed by atoms with Crippen molar-refractivity contribution in [2.45, 2.75) is 45.6 Å². The summed E-state index contributed by atoms with van der Waals surface area (Å²) in [5, 5.41) is 9.32. The summed E-state index contributed by atoms with van der Waals surface area (Å²) < 4.78 is 4.64. The minimum atomic E-state index is -0.895. The van der Waals surface area contributed by atoms with Gasteiger partial charge in [-0.1, -0.05) is 6.92 Å². The summed E-state index contributed by atoms with van der Waals surface area (Å²) in [7, 11) is 0. The van der Waals surface area contributed by atoms with E-state index in [0.29, 0.717) is 13.0 Å². The summed E-state index contributed by atoms with van der Waals surface area (Å²) in [6.45, 7) is 3.90. The first kappa shape index (κ1) is 13.1. The van der Waals surface area contributed by atoms with E-state index in [1.807, 2.05) is 6.92 Å². The number of hydrogen-bond donors (Lipinski definition) is 1. The standard InChI is InChI=1S/C10H18O4/c1-3-5-8(11)6-9(12)7-10(13)14-4-2/h9,12H,3-7H2,1-2H3. The molecule has 1 unspecified atom stereocenters. The summed E-state index contributed by atoms with van der Waals surface area (Å²) in [6.07, 6.45) is 0.286. The zero-order chi connectivity index (χ0) is 11.0. The Labute approximate surface area is 84.3 Å². The van der Waals surface area contributed by atoms with E-state index >= 15 is 0 Å². The molecule has 0 aromatic carbocycles. The molecular weight excluding hydrogens is 184 g/mol. The summed E-state index contributed by atoms with van der Waals surface area (Å²) in [5.74, 6) is -0.464. The SMILES string of the molecule is CCCC(=O)CC(O)CC(=O)OCC. The molecule has 0 saturated carbocycles. The molecule has 4 nitrogen and oxygen atoms in total. The predicted octanol–water partition coefficient (Wildman–Crippen LogP) is 1.06. The van der Waals surface area contributed by atoms with E-state index < -0.39 is 12.1 Å². The van der Waals surface area contributed by atoms with Crippen LogP contribution in [0.15, 0.2) is 0 Å². The molecule has 0 aliphatic rings. The highest BCUT2D eigenvalue weighted by Crippen LogP contribution is 2.04. The number of carbonyl (C=O) groups is 2. The molecule has 0 amide bonds. The zero-order valence-corrected chi connectivity index (χ0v) is 8.78. The van der Waals surface area contributed by atoms with Crippen molar-refractivity contribution in [2.75, 3.05) is 6.61 Å². The van der Waals surface area contributed by atoms with Gasteiger partial charge in [0.25, 0.3) is 0 Å². The van der Waals surface area contributed by atoms with Gasteiger partial charge in [-0.15, -0.1) is 0 Å². The summed E-state index contributed by atoms with van der Waals surface area (Å²) in [4.78, 5) is 22.0. The number of ketones is 1. The molecule has 0 spiro atoms. The molecule has 0 aliphatic carbocycles. The third kappa shape index (κ3) is 6.60. The summed E-state index contributed by atoms with van der Waals surface area (Å²) >= 11 is 0. The Kier molecular flexibility index (Phi) is 7.02. The van der Waals surface area contributed by atoms with Gasteiger partial charge in [0.2, 0.25) is 0 Å². The van der Waals surface area contributed by atoms with Gasteiger partial charge in [-0.2, -0.15) is 0 Å². The number of hydrogen-bond acceptors (Lipinski definition) is 4. The average molecular weight is 202 g/mol. The Morgan fingerprint density at radius 1 is 1.29 bits per heavy atom. The van der Waals surface area contributed by atoms with Crippen LogP contribution in [0.5, 0.6) is 0 Å². The summed E-state index contributed by atoms with van der Waals surface area (Å²) in [5.41, 5.74) is 0. The van der Waals surface area contributed by atoms with Crippen LogP contribution in [-0.2, 0) is 14.3 Å². The Balaban J connectivity index is 3.68. The van der Waals surface area contributed by atoms with Crippen molar-refractivity contribution < 1.29 is 19.4 Å². The van der Waals surface area contributed by atoms with E-state index in [-0.39, 0.29) is 18.6 Å².